The normalized spacial score (nSPS) is 11.8. The summed E-state index contributed by atoms with van der Waals surface area (Å²) in [6.45, 7) is 0. The Hall–Kier alpha value is -2.13. The minimum absolute atomic E-state index is 0.0226. The molecule has 0 radical (unpaired) electrons. The summed E-state index contributed by atoms with van der Waals surface area (Å²) in [4.78, 5) is 12.2. The van der Waals surface area contributed by atoms with Gasteiger partial charge in [0.25, 0.3) is 5.91 Å². The van der Waals surface area contributed by atoms with Crippen molar-refractivity contribution in [2.75, 3.05) is 5.32 Å². The number of aromatic nitrogens is 2. The molecule has 0 aliphatic carbocycles. The molecule has 2 heterocycles. The van der Waals surface area contributed by atoms with Crippen LogP contribution in [0.5, 0.6) is 0 Å². The highest BCUT2D eigenvalue weighted by molar-refractivity contribution is 7.15. The number of hydrogen-bond acceptors (Lipinski definition) is 5. The summed E-state index contributed by atoms with van der Waals surface area (Å²) in [6, 6.07) is 4.79. The summed E-state index contributed by atoms with van der Waals surface area (Å²) >= 11 is 6.54. The van der Waals surface area contributed by atoms with E-state index in [2.05, 4.69) is 15.5 Å². The quantitative estimate of drug-likeness (QED) is 0.755. The van der Waals surface area contributed by atoms with Crippen molar-refractivity contribution in [2.24, 2.45) is 0 Å². The van der Waals surface area contributed by atoms with Gasteiger partial charge in [-0.15, -0.1) is 10.2 Å². The molecule has 10 heteroatoms. The number of alkyl halides is 3. The fourth-order valence-electron chi connectivity index (χ4n) is 1.89. The van der Waals surface area contributed by atoms with Gasteiger partial charge in [0, 0.05) is 10.4 Å². The number of hydrogen-bond donors (Lipinski definition) is 1. The molecule has 0 aliphatic heterocycles. The van der Waals surface area contributed by atoms with Gasteiger partial charge >= 0.3 is 6.18 Å². The van der Waals surface area contributed by atoms with Gasteiger partial charge in [0.15, 0.2) is 0 Å². The summed E-state index contributed by atoms with van der Waals surface area (Å²) in [5.41, 5.74) is 0.671. The highest BCUT2D eigenvalue weighted by Crippen LogP contribution is 2.27. The van der Waals surface area contributed by atoms with Crippen molar-refractivity contribution in [3.63, 3.8) is 0 Å². The Morgan fingerprint density at radius 1 is 1.35 bits per heavy atom. The molecule has 0 atom stereocenters. The monoisotopic (exact) mass is 361 g/mol. The Balaban J connectivity index is 1.80. The van der Waals surface area contributed by atoms with Gasteiger partial charge in [0.2, 0.25) is 5.13 Å². The lowest BCUT2D eigenvalue weighted by Crippen LogP contribution is -2.11. The molecular formula is C13H7ClF3N3O2S. The average Bonchev–Trinajstić information content (AvgIpc) is 3.03. The van der Waals surface area contributed by atoms with Crippen molar-refractivity contribution in [3.8, 4) is 0 Å². The lowest BCUT2D eigenvalue weighted by atomic mass is 10.1. The minimum atomic E-state index is -4.38. The van der Waals surface area contributed by atoms with Crippen molar-refractivity contribution < 1.29 is 22.4 Å². The molecule has 2 aromatic heterocycles. The maximum atomic E-state index is 12.3. The second-order valence-corrected chi connectivity index (χ2v) is 6.04. The number of carbonyl (C=O) groups is 1. The van der Waals surface area contributed by atoms with Gasteiger partial charge in [-0.3, -0.25) is 10.1 Å². The van der Waals surface area contributed by atoms with E-state index in [-0.39, 0.29) is 15.7 Å². The fourth-order valence-corrected chi connectivity index (χ4v) is 2.83. The SMILES string of the molecule is O=C(Nc1nnc(CC(F)(F)F)s1)c1coc2ccc(Cl)cc12. The summed E-state index contributed by atoms with van der Waals surface area (Å²) < 4.78 is 42.1. The second kappa shape index (κ2) is 5.82. The molecule has 0 saturated carbocycles. The van der Waals surface area contributed by atoms with Crippen molar-refractivity contribution in [1.82, 2.24) is 10.2 Å². The third-order valence-corrected chi connectivity index (χ3v) is 3.89. The number of amides is 1. The molecule has 0 saturated heterocycles. The van der Waals surface area contributed by atoms with Crippen LogP contribution >= 0.6 is 22.9 Å². The van der Waals surface area contributed by atoms with Crippen LogP contribution in [0, 0.1) is 0 Å². The Bertz CT molecular complexity index is 875. The lowest BCUT2D eigenvalue weighted by molar-refractivity contribution is -0.127. The van der Waals surface area contributed by atoms with Crippen LogP contribution in [0.3, 0.4) is 0 Å². The average molecular weight is 362 g/mol. The standard InChI is InChI=1S/C13H7ClF3N3O2S/c14-6-1-2-9-7(3-6)8(5-22-9)11(21)18-12-20-19-10(23-12)4-13(15,16)17/h1-3,5H,4H2,(H,18,20,21). The predicted octanol–water partition coefficient (Wildman–Crippen LogP) is 4.29. The molecule has 0 bridgehead atoms. The van der Waals surface area contributed by atoms with E-state index in [1.165, 1.54) is 6.26 Å². The molecule has 0 fully saturated rings. The van der Waals surface area contributed by atoms with Gasteiger partial charge in [-0.25, -0.2) is 0 Å². The highest BCUT2D eigenvalue weighted by Gasteiger charge is 2.30. The molecule has 1 aromatic carbocycles. The van der Waals surface area contributed by atoms with Gasteiger partial charge < -0.3 is 4.42 Å². The van der Waals surface area contributed by atoms with E-state index in [0.717, 1.165) is 0 Å². The highest BCUT2D eigenvalue weighted by atomic mass is 35.5. The number of anilines is 1. The summed E-state index contributed by atoms with van der Waals surface area (Å²) in [7, 11) is 0. The zero-order valence-electron chi connectivity index (χ0n) is 11.1. The molecule has 3 aromatic rings. The molecule has 23 heavy (non-hydrogen) atoms. The van der Waals surface area contributed by atoms with E-state index >= 15 is 0 Å². The Morgan fingerprint density at radius 3 is 2.87 bits per heavy atom. The fraction of sp³-hybridized carbons (Fsp3) is 0.154. The van der Waals surface area contributed by atoms with Gasteiger partial charge in [0.05, 0.1) is 12.0 Å². The van der Waals surface area contributed by atoms with Gasteiger partial charge in [-0.1, -0.05) is 22.9 Å². The maximum absolute atomic E-state index is 12.3. The third-order valence-electron chi connectivity index (χ3n) is 2.82. The van der Waals surface area contributed by atoms with Crippen LogP contribution in [-0.4, -0.2) is 22.3 Å². The van der Waals surface area contributed by atoms with Gasteiger partial charge in [-0.05, 0) is 18.2 Å². The van der Waals surface area contributed by atoms with Crippen LogP contribution in [0.2, 0.25) is 5.02 Å². The van der Waals surface area contributed by atoms with Crippen LogP contribution in [0.25, 0.3) is 11.0 Å². The summed E-state index contributed by atoms with van der Waals surface area (Å²) in [5.74, 6) is -0.569. The van der Waals surface area contributed by atoms with Crippen LogP contribution in [0.1, 0.15) is 15.4 Å². The van der Waals surface area contributed by atoms with E-state index < -0.39 is 18.5 Å². The van der Waals surface area contributed by atoms with Gasteiger partial charge in [-0.2, -0.15) is 13.2 Å². The number of furan rings is 1. The van der Waals surface area contributed by atoms with Crippen LogP contribution in [0.4, 0.5) is 18.3 Å². The first-order valence-electron chi connectivity index (χ1n) is 6.19. The number of benzene rings is 1. The number of nitrogens with zero attached hydrogens (tertiary/aromatic N) is 2. The largest absolute Gasteiger partial charge is 0.463 e. The molecule has 120 valence electrons. The van der Waals surface area contributed by atoms with E-state index in [1.54, 1.807) is 18.2 Å². The molecule has 1 N–H and O–H groups in total. The van der Waals surface area contributed by atoms with E-state index in [4.69, 9.17) is 16.0 Å². The van der Waals surface area contributed by atoms with Crippen molar-refractivity contribution >= 4 is 44.9 Å². The Labute approximate surface area is 136 Å². The number of carbonyl (C=O) groups excluding carboxylic acids is 1. The predicted molar refractivity (Wildman–Crippen MR) is 78.8 cm³/mol. The number of fused-ring (bicyclic) bond motifs is 1. The lowest BCUT2D eigenvalue weighted by Gasteiger charge is -2.01. The van der Waals surface area contributed by atoms with Gasteiger partial charge in [0.1, 0.15) is 16.9 Å². The topological polar surface area (TPSA) is 68.0 Å². The Kier molecular flexibility index (Phi) is 3.99. The summed E-state index contributed by atoms with van der Waals surface area (Å²) in [5, 5.41) is 10.00. The van der Waals surface area contributed by atoms with Crippen LogP contribution < -0.4 is 5.32 Å². The first kappa shape index (κ1) is 15.8. The first-order chi connectivity index (χ1) is 10.8. The molecular weight excluding hydrogens is 355 g/mol. The molecule has 5 nitrogen and oxygen atoms in total. The number of nitrogens with one attached hydrogen (secondary N) is 1. The first-order valence-corrected chi connectivity index (χ1v) is 7.38. The van der Waals surface area contributed by atoms with Crippen molar-refractivity contribution in [3.05, 3.63) is 40.1 Å². The smallest absolute Gasteiger partial charge is 0.395 e. The van der Waals surface area contributed by atoms with Crippen LogP contribution in [0.15, 0.2) is 28.9 Å². The third kappa shape index (κ3) is 3.62. The molecule has 0 aliphatic rings. The second-order valence-electron chi connectivity index (χ2n) is 4.54. The molecule has 0 spiro atoms. The number of rotatable bonds is 3. The Morgan fingerprint density at radius 2 is 2.13 bits per heavy atom. The maximum Gasteiger partial charge on any atom is 0.395 e. The number of halogens is 4. The zero-order chi connectivity index (χ0) is 16.6. The van der Waals surface area contributed by atoms with E-state index in [9.17, 15) is 18.0 Å². The van der Waals surface area contributed by atoms with Crippen molar-refractivity contribution in [2.45, 2.75) is 12.6 Å². The zero-order valence-corrected chi connectivity index (χ0v) is 12.7. The summed E-state index contributed by atoms with van der Waals surface area (Å²) in [6.07, 6.45) is -4.32. The minimum Gasteiger partial charge on any atom is -0.463 e. The molecule has 3 rings (SSSR count). The van der Waals surface area contributed by atoms with E-state index in [1.807, 2.05) is 0 Å². The molecule has 1 amide bonds. The van der Waals surface area contributed by atoms with Crippen LogP contribution in [-0.2, 0) is 6.42 Å². The van der Waals surface area contributed by atoms with Crippen molar-refractivity contribution in [1.29, 1.82) is 0 Å². The molecule has 0 unspecified atom stereocenters. The van der Waals surface area contributed by atoms with E-state index in [0.29, 0.717) is 27.3 Å².